The molecule has 1 rings (SSSR count). The summed E-state index contributed by atoms with van der Waals surface area (Å²) in [6, 6.07) is 10.1. The van der Waals surface area contributed by atoms with Crippen LogP contribution in [0.2, 0.25) is 5.54 Å². The highest BCUT2D eigenvalue weighted by Gasteiger charge is 2.51. The zero-order valence-electron chi connectivity index (χ0n) is 23.4. The topological polar surface area (TPSA) is 91.3 Å². The molecule has 1 aromatic carbocycles. The second-order valence-corrected chi connectivity index (χ2v) is 15.3. The Balaban J connectivity index is 3.40. The Morgan fingerprint density at radius 3 is 1.97 bits per heavy atom. The number of carbonyl (C=O) groups excluding carboxylic acids is 1. The molecule has 5 atom stereocenters. The molecular weight excluding hydrogens is 495 g/mol. The molecule has 0 amide bonds. The third kappa shape index (κ3) is 10.8. The highest BCUT2D eigenvalue weighted by molar-refractivity contribution is 7.57. The highest BCUT2D eigenvalue weighted by Crippen LogP contribution is 2.49. The van der Waals surface area contributed by atoms with E-state index >= 15 is 0 Å². The van der Waals surface area contributed by atoms with E-state index in [9.17, 15) is 14.3 Å². The zero-order chi connectivity index (χ0) is 27.2. The molecule has 9 heteroatoms. The fraction of sp³-hybridized carbons (Fsp3) is 0.741. The molecule has 1 aromatic rings. The van der Waals surface area contributed by atoms with Gasteiger partial charge in [-0.2, -0.15) is 0 Å². The molecule has 0 heterocycles. The second kappa shape index (κ2) is 16.7. The van der Waals surface area contributed by atoms with Crippen LogP contribution >= 0.6 is 7.37 Å². The Hall–Kier alpha value is -1.02. The fourth-order valence-corrected chi connectivity index (χ4v) is 8.71. The molecule has 0 aliphatic heterocycles. The highest BCUT2D eigenvalue weighted by atomic mass is 31.2. The summed E-state index contributed by atoms with van der Waals surface area (Å²) in [6.45, 7) is 14.6. The van der Waals surface area contributed by atoms with E-state index in [1.54, 1.807) is 6.92 Å². The van der Waals surface area contributed by atoms with E-state index in [4.69, 9.17) is 18.0 Å². The number of rotatable bonds is 19. The monoisotopic (exact) mass is 544 g/mol. The van der Waals surface area contributed by atoms with Gasteiger partial charge >= 0.3 is 14.8 Å². The van der Waals surface area contributed by atoms with Gasteiger partial charge in [-0.25, -0.2) is 0 Å². The standard InChI is InChI=1S/C27H49O7PSi/c1-8-12-18-31-27(28)25(19-22(5)24-16-14-13-15-17-24)21-26(20-23(6)35(7,29)30)36(32-9-2,33-10-3)34-11-4/h13-17,22-23,25-26H,8-12,18-21H2,1-7H3,(H,29,30). The van der Waals surface area contributed by atoms with Gasteiger partial charge in [0, 0.05) is 37.7 Å². The molecule has 7 nitrogen and oxygen atoms in total. The molecule has 0 saturated heterocycles. The van der Waals surface area contributed by atoms with Crippen molar-refractivity contribution in [2.45, 2.75) is 90.8 Å². The van der Waals surface area contributed by atoms with Crippen LogP contribution in [0.25, 0.3) is 0 Å². The van der Waals surface area contributed by atoms with E-state index in [0.717, 1.165) is 18.4 Å². The van der Waals surface area contributed by atoms with Crippen LogP contribution in [-0.2, 0) is 27.4 Å². The SMILES string of the molecule is CCCCOC(=O)C(CC(C)c1ccccc1)CC(CC(C)P(C)(=O)O)[Si](OCC)(OCC)OCC. The van der Waals surface area contributed by atoms with Gasteiger partial charge in [-0.1, -0.05) is 57.5 Å². The molecule has 0 fully saturated rings. The third-order valence-corrected chi connectivity index (χ3v) is 12.0. The molecule has 0 spiro atoms. The normalized spacial score (nSPS) is 17.1. The number of carbonyl (C=O) groups is 1. The Morgan fingerprint density at radius 1 is 0.944 bits per heavy atom. The van der Waals surface area contributed by atoms with E-state index in [-0.39, 0.29) is 17.4 Å². The van der Waals surface area contributed by atoms with Gasteiger partial charge in [0.25, 0.3) is 0 Å². The van der Waals surface area contributed by atoms with Crippen LogP contribution in [0.3, 0.4) is 0 Å². The van der Waals surface area contributed by atoms with Crippen molar-refractivity contribution in [3.05, 3.63) is 35.9 Å². The maximum absolute atomic E-state index is 13.4. The first-order valence-electron chi connectivity index (χ1n) is 13.5. The third-order valence-electron chi connectivity index (χ3n) is 6.63. The fourth-order valence-electron chi connectivity index (χ4n) is 4.49. The summed E-state index contributed by atoms with van der Waals surface area (Å²) in [7, 11) is -6.65. The predicted octanol–water partition coefficient (Wildman–Crippen LogP) is 6.63. The number of hydrogen-bond acceptors (Lipinski definition) is 6. The van der Waals surface area contributed by atoms with E-state index in [2.05, 4.69) is 26.0 Å². The largest absolute Gasteiger partial charge is 0.504 e. The quantitative estimate of drug-likeness (QED) is 0.0905. The van der Waals surface area contributed by atoms with Crippen molar-refractivity contribution < 1.29 is 32.3 Å². The summed E-state index contributed by atoms with van der Waals surface area (Å²) < 4.78 is 36.9. The summed E-state index contributed by atoms with van der Waals surface area (Å²) in [4.78, 5) is 23.7. The smallest absolute Gasteiger partial charge is 0.465 e. The van der Waals surface area contributed by atoms with Gasteiger partial charge in [-0.3, -0.25) is 9.36 Å². The Bertz CT molecular complexity index is 769. The lowest BCUT2D eigenvalue weighted by Gasteiger charge is -2.38. The summed E-state index contributed by atoms with van der Waals surface area (Å²) in [5, 5.41) is 0. The van der Waals surface area contributed by atoms with Crippen molar-refractivity contribution in [1.29, 1.82) is 0 Å². The average Bonchev–Trinajstić information content (AvgIpc) is 2.83. The first-order chi connectivity index (χ1) is 17.0. The minimum atomic E-state index is -3.36. The van der Waals surface area contributed by atoms with Crippen LogP contribution in [0, 0.1) is 5.92 Å². The van der Waals surface area contributed by atoms with Gasteiger partial charge < -0.3 is 22.9 Å². The van der Waals surface area contributed by atoms with Gasteiger partial charge in [0.1, 0.15) is 0 Å². The maximum Gasteiger partial charge on any atom is 0.504 e. The molecule has 0 aromatic heterocycles. The van der Waals surface area contributed by atoms with E-state index in [0.29, 0.717) is 45.7 Å². The van der Waals surface area contributed by atoms with Gasteiger partial charge in [0.15, 0.2) is 7.37 Å². The molecule has 0 aliphatic rings. The molecule has 0 bridgehead atoms. The summed E-state index contributed by atoms with van der Waals surface area (Å²) in [5.74, 6) is -0.525. The first-order valence-corrected chi connectivity index (χ1v) is 17.5. The molecule has 1 N–H and O–H groups in total. The number of unbranched alkanes of at least 4 members (excludes halogenated alkanes) is 1. The summed E-state index contributed by atoms with van der Waals surface area (Å²) in [6.07, 6.45) is 3.13. The number of ether oxygens (including phenoxy) is 1. The predicted molar refractivity (Wildman–Crippen MR) is 148 cm³/mol. The van der Waals surface area contributed by atoms with Gasteiger partial charge in [0.2, 0.25) is 0 Å². The van der Waals surface area contributed by atoms with Crippen LogP contribution in [0.5, 0.6) is 0 Å². The summed E-state index contributed by atoms with van der Waals surface area (Å²) >= 11 is 0. The van der Waals surface area contributed by atoms with E-state index in [1.807, 2.05) is 39.0 Å². The van der Waals surface area contributed by atoms with Crippen LogP contribution < -0.4 is 0 Å². The Morgan fingerprint density at radius 2 is 1.50 bits per heavy atom. The van der Waals surface area contributed by atoms with Crippen molar-refractivity contribution in [3.63, 3.8) is 0 Å². The van der Waals surface area contributed by atoms with Crippen molar-refractivity contribution in [2.24, 2.45) is 5.92 Å². The Labute approximate surface area is 220 Å². The van der Waals surface area contributed by atoms with Crippen LogP contribution in [0.15, 0.2) is 30.3 Å². The zero-order valence-corrected chi connectivity index (χ0v) is 25.3. The number of hydrogen-bond donors (Lipinski definition) is 1. The summed E-state index contributed by atoms with van der Waals surface area (Å²) in [5.41, 5.74) is 0.351. The second-order valence-electron chi connectivity index (χ2n) is 9.63. The molecule has 0 radical (unpaired) electrons. The van der Waals surface area contributed by atoms with Crippen molar-refractivity contribution in [1.82, 2.24) is 0 Å². The molecule has 5 unspecified atom stereocenters. The number of benzene rings is 1. The first kappa shape index (κ1) is 33.0. The van der Waals surface area contributed by atoms with E-state index in [1.165, 1.54) is 6.66 Å². The van der Waals surface area contributed by atoms with Crippen molar-refractivity contribution in [3.8, 4) is 0 Å². The molecule has 0 aliphatic carbocycles. The lowest BCUT2D eigenvalue weighted by Crippen LogP contribution is -2.52. The lowest BCUT2D eigenvalue weighted by molar-refractivity contribution is -0.149. The minimum Gasteiger partial charge on any atom is -0.465 e. The minimum absolute atomic E-state index is 0.130. The van der Waals surface area contributed by atoms with Crippen LogP contribution in [-0.4, -0.2) is 58.4 Å². The Kier molecular flexibility index (Phi) is 15.4. The molecule has 36 heavy (non-hydrogen) atoms. The average molecular weight is 545 g/mol. The number of esters is 1. The van der Waals surface area contributed by atoms with Crippen molar-refractivity contribution >= 4 is 22.1 Å². The van der Waals surface area contributed by atoms with E-state index < -0.39 is 27.8 Å². The van der Waals surface area contributed by atoms with Crippen LogP contribution in [0.4, 0.5) is 0 Å². The molecular formula is C27H49O7PSi. The van der Waals surface area contributed by atoms with Crippen molar-refractivity contribution in [2.75, 3.05) is 33.1 Å². The molecule has 0 saturated carbocycles. The van der Waals surface area contributed by atoms with Gasteiger partial charge in [-0.05, 0) is 57.9 Å². The maximum atomic E-state index is 13.4. The van der Waals surface area contributed by atoms with Gasteiger partial charge in [0.05, 0.1) is 12.5 Å². The molecule has 208 valence electrons. The van der Waals surface area contributed by atoms with Gasteiger partial charge in [-0.15, -0.1) is 0 Å². The lowest BCUT2D eigenvalue weighted by atomic mass is 9.87. The van der Waals surface area contributed by atoms with Crippen LogP contribution in [0.1, 0.15) is 85.1 Å².